The molecule has 2 heterocycles. The summed E-state index contributed by atoms with van der Waals surface area (Å²) in [6.45, 7) is 2.06. The van der Waals surface area contributed by atoms with E-state index in [1.807, 2.05) is 19.3 Å². The fourth-order valence-electron chi connectivity index (χ4n) is 2.03. The van der Waals surface area contributed by atoms with E-state index in [0.29, 0.717) is 6.04 Å². The predicted molar refractivity (Wildman–Crippen MR) is 87.5 cm³/mol. The summed E-state index contributed by atoms with van der Waals surface area (Å²) in [5, 5.41) is 4.01. The van der Waals surface area contributed by atoms with Crippen LogP contribution in [-0.2, 0) is 11.0 Å². The van der Waals surface area contributed by atoms with Crippen LogP contribution >= 0.6 is 0 Å². The molecule has 0 radical (unpaired) electrons. The average Bonchev–Trinajstić information content (AvgIpc) is 2.92. The summed E-state index contributed by atoms with van der Waals surface area (Å²) < 4.78 is 14.1. The van der Waals surface area contributed by atoms with Crippen LogP contribution in [-0.4, -0.2) is 38.0 Å². The summed E-state index contributed by atoms with van der Waals surface area (Å²) in [6, 6.07) is 2.51. The van der Waals surface area contributed by atoms with Crippen LogP contribution in [0.1, 0.15) is 32.6 Å². The smallest absolute Gasteiger partial charge is 0.142 e. The largest absolute Gasteiger partial charge is 0.372 e. The molecule has 0 aromatic carbocycles. The first-order valence-corrected chi connectivity index (χ1v) is 8.66. The van der Waals surface area contributed by atoms with Gasteiger partial charge in [0.25, 0.3) is 0 Å². The Morgan fingerprint density at radius 3 is 2.86 bits per heavy atom. The first-order valence-electron chi connectivity index (χ1n) is 7.35. The molecule has 3 rings (SSSR count). The van der Waals surface area contributed by atoms with Crippen molar-refractivity contribution in [1.82, 2.24) is 19.7 Å². The number of anilines is 1. The molecule has 6 nitrogen and oxygen atoms in total. The number of hydrogen-bond donors (Lipinski definition) is 3. The van der Waals surface area contributed by atoms with Crippen molar-refractivity contribution in [2.45, 2.75) is 38.6 Å². The van der Waals surface area contributed by atoms with Crippen molar-refractivity contribution >= 4 is 27.8 Å². The van der Waals surface area contributed by atoms with E-state index < -0.39 is 11.0 Å². The second-order valence-electron chi connectivity index (χ2n) is 5.01. The van der Waals surface area contributed by atoms with Crippen LogP contribution in [0.5, 0.6) is 0 Å². The summed E-state index contributed by atoms with van der Waals surface area (Å²) in [6.07, 6.45) is 8.13. The molecule has 0 spiro atoms. The number of fused-ring (bicyclic) bond motifs is 1. The van der Waals surface area contributed by atoms with Gasteiger partial charge in [-0.05, 0) is 25.3 Å². The normalized spacial score (nSPS) is 15.9. The molecule has 1 saturated carbocycles. The number of aromatic nitrogens is 3. The Balaban J connectivity index is 0.000000155. The van der Waals surface area contributed by atoms with Gasteiger partial charge < -0.3 is 10.3 Å². The average molecular weight is 309 g/mol. The molecule has 1 aliphatic carbocycles. The zero-order valence-corrected chi connectivity index (χ0v) is 13.4. The Hall–Kier alpha value is -1.47. The van der Waals surface area contributed by atoms with Crippen LogP contribution in [0.25, 0.3) is 11.0 Å². The highest BCUT2D eigenvalue weighted by Gasteiger charge is 2.18. The van der Waals surface area contributed by atoms with Crippen molar-refractivity contribution < 1.29 is 4.21 Å². The van der Waals surface area contributed by atoms with E-state index >= 15 is 0 Å². The second kappa shape index (κ2) is 8.09. The molecule has 21 heavy (non-hydrogen) atoms. The Labute approximate surface area is 127 Å². The van der Waals surface area contributed by atoms with Crippen LogP contribution in [0.3, 0.4) is 0 Å². The summed E-state index contributed by atoms with van der Waals surface area (Å²) >= 11 is 0. The lowest BCUT2D eigenvalue weighted by Crippen LogP contribution is -2.37. The maximum Gasteiger partial charge on any atom is 0.142 e. The Bertz CT molecular complexity index is 582. The SMILES string of the molecule is CCCS(=O)NC1CCC1.CNc1ncnc2[nH]ccc12. The maximum absolute atomic E-state index is 11.0. The monoisotopic (exact) mass is 309 g/mol. The number of nitrogens with zero attached hydrogens (tertiary/aromatic N) is 2. The lowest BCUT2D eigenvalue weighted by molar-refractivity contribution is 0.390. The highest BCUT2D eigenvalue weighted by atomic mass is 32.2. The molecule has 0 aliphatic heterocycles. The van der Waals surface area contributed by atoms with E-state index in [1.165, 1.54) is 25.6 Å². The van der Waals surface area contributed by atoms with Gasteiger partial charge in [-0.15, -0.1) is 0 Å². The highest BCUT2D eigenvalue weighted by molar-refractivity contribution is 7.83. The van der Waals surface area contributed by atoms with E-state index in [1.54, 1.807) is 0 Å². The molecule has 1 atom stereocenters. The standard InChI is InChI=1S/C7H8N4.C7H15NOS/c1-8-6-5-2-3-9-7(5)11-4-10-6;1-2-6-10(9)8-7-4-3-5-7/h2-4H,1H3,(H2,8,9,10,11);7-8H,2-6H2,1H3. The minimum Gasteiger partial charge on any atom is -0.372 e. The van der Waals surface area contributed by atoms with Gasteiger partial charge in [0.15, 0.2) is 0 Å². The summed E-state index contributed by atoms with van der Waals surface area (Å²) in [5.41, 5.74) is 0.865. The molecule has 1 aliphatic rings. The fourth-order valence-corrected chi connectivity index (χ4v) is 3.12. The first kappa shape index (κ1) is 15.9. The van der Waals surface area contributed by atoms with E-state index in [0.717, 1.165) is 29.0 Å². The van der Waals surface area contributed by atoms with Gasteiger partial charge in [-0.2, -0.15) is 0 Å². The molecule has 0 amide bonds. The number of rotatable bonds is 5. The molecular formula is C14H23N5OS. The van der Waals surface area contributed by atoms with Gasteiger partial charge in [0.1, 0.15) is 17.8 Å². The lowest BCUT2D eigenvalue weighted by Gasteiger charge is -2.25. The van der Waals surface area contributed by atoms with Crippen molar-refractivity contribution in [3.63, 3.8) is 0 Å². The van der Waals surface area contributed by atoms with Crippen LogP contribution in [0.2, 0.25) is 0 Å². The number of aromatic amines is 1. The molecule has 116 valence electrons. The van der Waals surface area contributed by atoms with Crippen LogP contribution in [0.4, 0.5) is 5.82 Å². The van der Waals surface area contributed by atoms with Crippen LogP contribution < -0.4 is 10.0 Å². The van der Waals surface area contributed by atoms with Gasteiger partial charge in [-0.3, -0.25) is 0 Å². The van der Waals surface area contributed by atoms with Gasteiger partial charge in [-0.1, -0.05) is 13.3 Å². The molecule has 0 bridgehead atoms. The van der Waals surface area contributed by atoms with E-state index in [2.05, 4.69) is 31.9 Å². The number of hydrogen-bond acceptors (Lipinski definition) is 4. The van der Waals surface area contributed by atoms with Crippen molar-refractivity contribution in [1.29, 1.82) is 0 Å². The van der Waals surface area contributed by atoms with E-state index in [4.69, 9.17) is 0 Å². The lowest BCUT2D eigenvalue weighted by atomic mass is 9.94. The van der Waals surface area contributed by atoms with Crippen LogP contribution in [0.15, 0.2) is 18.6 Å². The van der Waals surface area contributed by atoms with Crippen LogP contribution in [0, 0.1) is 0 Å². The molecular weight excluding hydrogens is 286 g/mol. The molecule has 3 N–H and O–H groups in total. The van der Waals surface area contributed by atoms with Crippen molar-refractivity contribution in [3.8, 4) is 0 Å². The van der Waals surface area contributed by atoms with E-state index in [9.17, 15) is 4.21 Å². The van der Waals surface area contributed by atoms with Gasteiger partial charge in [0.05, 0.1) is 16.4 Å². The molecule has 2 aromatic heterocycles. The quantitative estimate of drug-likeness (QED) is 0.791. The maximum atomic E-state index is 11.0. The highest BCUT2D eigenvalue weighted by Crippen LogP contribution is 2.18. The van der Waals surface area contributed by atoms with Gasteiger partial charge in [0, 0.05) is 25.0 Å². The molecule has 7 heteroatoms. The second-order valence-corrected chi connectivity index (χ2v) is 6.34. The molecule has 0 saturated heterocycles. The van der Waals surface area contributed by atoms with E-state index in [-0.39, 0.29) is 0 Å². The molecule has 1 unspecified atom stereocenters. The van der Waals surface area contributed by atoms with Crippen molar-refractivity contribution in [3.05, 3.63) is 18.6 Å². The molecule has 1 fully saturated rings. The zero-order chi connectivity index (χ0) is 15.1. The third-order valence-corrected chi connectivity index (χ3v) is 4.76. The van der Waals surface area contributed by atoms with Crippen molar-refractivity contribution in [2.75, 3.05) is 18.1 Å². The Morgan fingerprint density at radius 2 is 2.24 bits per heavy atom. The van der Waals surface area contributed by atoms with Gasteiger partial charge >= 0.3 is 0 Å². The molecule has 2 aromatic rings. The third kappa shape index (κ3) is 4.50. The zero-order valence-electron chi connectivity index (χ0n) is 12.6. The number of nitrogens with one attached hydrogen (secondary N) is 3. The van der Waals surface area contributed by atoms with Gasteiger partial charge in [0.2, 0.25) is 0 Å². The summed E-state index contributed by atoms with van der Waals surface area (Å²) in [5.74, 6) is 1.66. The van der Waals surface area contributed by atoms with Gasteiger partial charge in [-0.25, -0.2) is 18.9 Å². The summed E-state index contributed by atoms with van der Waals surface area (Å²) in [4.78, 5) is 11.1. The first-order chi connectivity index (χ1) is 10.2. The van der Waals surface area contributed by atoms with Crippen molar-refractivity contribution in [2.24, 2.45) is 0 Å². The Morgan fingerprint density at radius 1 is 1.43 bits per heavy atom. The fraction of sp³-hybridized carbons (Fsp3) is 0.571. The predicted octanol–water partition coefficient (Wildman–Crippen LogP) is 2.20. The topological polar surface area (TPSA) is 82.7 Å². The number of H-pyrrole nitrogens is 1. The minimum atomic E-state index is -0.749. The minimum absolute atomic E-state index is 0.562. The Kier molecular flexibility index (Phi) is 6.13. The summed E-state index contributed by atoms with van der Waals surface area (Å²) in [7, 11) is 1.09. The third-order valence-electron chi connectivity index (χ3n) is 3.38.